The molecular weight excluding hydrogens is 301 g/mol. The number of benzene rings is 2. The molecule has 118 valence electrons. The first-order valence-electron chi connectivity index (χ1n) is 6.69. The van der Waals surface area contributed by atoms with E-state index in [2.05, 4.69) is 15.8 Å². The summed E-state index contributed by atoms with van der Waals surface area (Å²) in [5.41, 5.74) is 3.30. The molecule has 2 rings (SSSR count). The van der Waals surface area contributed by atoms with Gasteiger partial charge in [0, 0.05) is 5.69 Å². The molecule has 23 heavy (non-hydrogen) atoms. The zero-order chi connectivity index (χ0) is 16.7. The maximum absolute atomic E-state index is 12.7. The number of carbonyl (C=O) groups excluding carboxylic acids is 2. The number of phenols is 1. The van der Waals surface area contributed by atoms with Crippen LogP contribution in [0, 0.1) is 5.82 Å². The molecule has 0 fully saturated rings. The van der Waals surface area contributed by atoms with Gasteiger partial charge < -0.3 is 10.4 Å². The molecule has 0 aromatic heterocycles. The SMILES string of the molecule is O=C(CC(=O)Nc1ccc(F)cc1)NN=Cc1ccc(O)cc1. The van der Waals surface area contributed by atoms with Gasteiger partial charge in [0.15, 0.2) is 0 Å². The number of rotatable bonds is 5. The van der Waals surface area contributed by atoms with Gasteiger partial charge in [0.2, 0.25) is 11.8 Å². The fraction of sp³-hybridized carbons (Fsp3) is 0.0625. The molecule has 6 nitrogen and oxygen atoms in total. The zero-order valence-corrected chi connectivity index (χ0v) is 12.0. The number of nitrogens with zero attached hydrogens (tertiary/aromatic N) is 1. The molecule has 0 aliphatic heterocycles. The van der Waals surface area contributed by atoms with Crippen molar-refractivity contribution in [3.8, 4) is 5.75 Å². The number of hydrogen-bond acceptors (Lipinski definition) is 4. The molecule has 2 amide bonds. The van der Waals surface area contributed by atoms with Crippen molar-refractivity contribution >= 4 is 23.7 Å². The molecule has 0 heterocycles. The van der Waals surface area contributed by atoms with E-state index >= 15 is 0 Å². The van der Waals surface area contributed by atoms with Gasteiger partial charge in [-0.3, -0.25) is 9.59 Å². The Kier molecular flexibility index (Phi) is 5.40. The molecule has 2 aromatic rings. The Bertz CT molecular complexity index is 712. The standard InChI is InChI=1S/C16H14FN3O3/c17-12-3-5-13(6-4-12)19-15(22)9-16(23)20-18-10-11-1-7-14(21)8-2-11/h1-8,10,21H,9H2,(H,19,22)(H,20,23). The molecule has 0 saturated heterocycles. The Labute approximate surface area is 131 Å². The van der Waals surface area contributed by atoms with Crippen LogP contribution < -0.4 is 10.7 Å². The summed E-state index contributed by atoms with van der Waals surface area (Å²) in [5, 5.41) is 15.3. The summed E-state index contributed by atoms with van der Waals surface area (Å²) in [6, 6.07) is 11.4. The number of carbonyl (C=O) groups is 2. The molecule has 0 atom stereocenters. The van der Waals surface area contributed by atoms with E-state index in [1.807, 2.05) is 0 Å². The van der Waals surface area contributed by atoms with Gasteiger partial charge in [0.05, 0.1) is 6.21 Å². The molecule has 0 unspecified atom stereocenters. The minimum absolute atomic E-state index is 0.128. The average Bonchev–Trinajstić information content (AvgIpc) is 2.51. The second-order valence-corrected chi connectivity index (χ2v) is 4.62. The Morgan fingerprint density at radius 1 is 1.04 bits per heavy atom. The first kappa shape index (κ1) is 16.2. The van der Waals surface area contributed by atoms with Gasteiger partial charge in [0.1, 0.15) is 18.0 Å². The van der Waals surface area contributed by atoms with Crippen molar-refractivity contribution in [1.29, 1.82) is 0 Å². The predicted molar refractivity (Wildman–Crippen MR) is 83.5 cm³/mol. The van der Waals surface area contributed by atoms with Crippen molar-refractivity contribution in [1.82, 2.24) is 5.43 Å². The number of hydrazone groups is 1. The third-order valence-corrected chi connectivity index (χ3v) is 2.75. The molecule has 0 radical (unpaired) electrons. The first-order chi connectivity index (χ1) is 11.0. The van der Waals surface area contributed by atoms with Gasteiger partial charge in [-0.25, -0.2) is 9.82 Å². The zero-order valence-electron chi connectivity index (χ0n) is 12.0. The third kappa shape index (κ3) is 5.58. The van der Waals surface area contributed by atoms with Crippen LogP contribution in [0.1, 0.15) is 12.0 Å². The molecule has 0 aliphatic carbocycles. The summed E-state index contributed by atoms with van der Waals surface area (Å²) in [6.07, 6.45) is 0.972. The average molecular weight is 315 g/mol. The van der Waals surface area contributed by atoms with Crippen LogP contribution in [-0.2, 0) is 9.59 Å². The lowest BCUT2D eigenvalue weighted by atomic mass is 10.2. The highest BCUT2D eigenvalue weighted by molar-refractivity contribution is 6.03. The summed E-state index contributed by atoms with van der Waals surface area (Å²) < 4.78 is 12.7. The minimum Gasteiger partial charge on any atom is -0.508 e. The molecule has 0 aliphatic rings. The monoisotopic (exact) mass is 315 g/mol. The number of aromatic hydroxyl groups is 1. The maximum Gasteiger partial charge on any atom is 0.249 e. The first-order valence-corrected chi connectivity index (χ1v) is 6.69. The highest BCUT2D eigenvalue weighted by Crippen LogP contribution is 2.09. The normalized spacial score (nSPS) is 10.5. The largest absolute Gasteiger partial charge is 0.508 e. The second-order valence-electron chi connectivity index (χ2n) is 4.62. The van der Waals surface area contributed by atoms with Crippen molar-refractivity contribution in [3.63, 3.8) is 0 Å². The van der Waals surface area contributed by atoms with Crippen LogP contribution in [0.4, 0.5) is 10.1 Å². The summed E-state index contributed by atoms with van der Waals surface area (Å²) in [7, 11) is 0. The lowest BCUT2D eigenvalue weighted by Crippen LogP contribution is -2.24. The van der Waals surface area contributed by atoms with Crippen LogP contribution in [0.3, 0.4) is 0 Å². The number of nitrogens with one attached hydrogen (secondary N) is 2. The number of halogens is 1. The Balaban J connectivity index is 1.78. The van der Waals surface area contributed by atoms with Crippen molar-refractivity contribution < 1.29 is 19.1 Å². The summed E-state index contributed by atoms with van der Waals surface area (Å²) in [5.74, 6) is -1.40. The van der Waals surface area contributed by atoms with E-state index in [0.717, 1.165) is 0 Å². The van der Waals surface area contributed by atoms with Crippen LogP contribution in [0.2, 0.25) is 0 Å². The van der Waals surface area contributed by atoms with Gasteiger partial charge in [-0.1, -0.05) is 0 Å². The van der Waals surface area contributed by atoms with E-state index in [4.69, 9.17) is 5.11 Å². The van der Waals surface area contributed by atoms with Gasteiger partial charge >= 0.3 is 0 Å². The molecule has 3 N–H and O–H groups in total. The quantitative estimate of drug-likeness (QED) is 0.448. The predicted octanol–water partition coefficient (Wildman–Crippen LogP) is 2.01. The van der Waals surface area contributed by atoms with E-state index in [0.29, 0.717) is 11.3 Å². The lowest BCUT2D eigenvalue weighted by molar-refractivity contribution is -0.126. The lowest BCUT2D eigenvalue weighted by Gasteiger charge is -2.04. The molecule has 0 saturated carbocycles. The van der Waals surface area contributed by atoms with E-state index in [1.165, 1.54) is 42.6 Å². The van der Waals surface area contributed by atoms with Gasteiger partial charge in [-0.2, -0.15) is 5.10 Å². The summed E-state index contributed by atoms with van der Waals surface area (Å²) in [6.45, 7) is 0. The Morgan fingerprint density at radius 2 is 1.70 bits per heavy atom. The number of anilines is 1. The topological polar surface area (TPSA) is 90.8 Å². The summed E-state index contributed by atoms with van der Waals surface area (Å²) in [4.78, 5) is 23.2. The molecule has 0 spiro atoms. The highest BCUT2D eigenvalue weighted by atomic mass is 19.1. The van der Waals surface area contributed by atoms with E-state index in [1.54, 1.807) is 12.1 Å². The number of amides is 2. The van der Waals surface area contributed by atoms with Gasteiger partial charge in [-0.15, -0.1) is 0 Å². The Morgan fingerprint density at radius 3 is 2.35 bits per heavy atom. The second kappa shape index (κ2) is 7.69. The van der Waals surface area contributed by atoms with E-state index in [9.17, 15) is 14.0 Å². The van der Waals surface area contributed by atoms with Crippen LogP contribution in [0.15, 0.2) is 53.6 Å². The molecule has 7 heteroatoms. The molecular formula is C16H14FN3O3. The smallest absolute Gasteiger partial charge is 0.249 e. The summed E-state index contributed by atoms with van der Waals surface area (Å²) >= 11 is 0. The Hall–Kier alpha value is -3.22. The van der Waals surface area contributed by atoms with Crippen LogP contribution in [-0.4, -0.2) is 23.1 Å². The molecule has 0 bridgehead atoms. The van der Waals surface area contributed by atoms with E-state index in [-0.39, 0.29) is 5.75 Å². The van der Waals surface area contributed by atoms with Crippen molar-refractivity contribution in [2.45, 2.75) is 6.42 Å². The van der Waals surface area contributed by atoms with Gasteiger partial charge in [-0.05, 0) is 54.1 Å². The maximum atomic E-state index is 12.7. The van der Waals surface area contributed by atoms with Crippen molar-refractivity contribution in [3.05, 3.63) is 59.9 Å². The van der Waals surface area contributed by atoms with Crippen LogP contribution in [0.25, 0.3) is 0 Å². The highest BCUT2D eigenvalue weighted by Gasteiger charge is 2.08. The third-order valence-electron chi connectivity index (χ3n) is 2.75. The van der Waals surface area contributed by atoms with Crippen molar-refractivity contribution in [2.24, 2.45) is 5.10 Å². The number of hydrogen-bond donors (Lipinski definition) is 3. The van der Waals surface area contributed by atoms with Crippen LogP contribution >= 0.6 is 0 Å². The molecule has 2 aromatic carbocycles. The van der Waals surface area contributed by atoms with Crippen LogP contribution in [0.5, 0.6) is 5.75 Å². The minimum atomic E-state index is -0.584. The van der Waals surface area contributed by atoms with Gasteiger partial charge in [0.25, 0.3) is 0 Å². The van der Waals surface area contributed by atoms with Crippen molar-refractivity contribution in [2.75, 3.05) is 5.32 Å². The van der Waals surface area contributed by atoms with E-state index < -0.39 is 24.1 Å². The number of phenolic OH excluding ortho intramolecular Hbond substituents is 1. The fourth-order valence-electron chi connectivity index (χ4n) is 1.66. The fourth-order valence-corrected chi connectivity index (χ4v) is 1.66.